The fourth-order valence-electron chi connectivity index (χ4n) is 2.39. The van der Waals surface area contributed by atoms with Crippen LogP contribution in [0.4, 0.5) is 11.5 Å². The molecule has 1 aromatic carbocycles. The smallest absolute Gasteiger partial charge is 0.145 e. The Morgan fingerprint density at radius 1 is 1.45 bits per heavy atom. The minimum atomic E-state index is 0.637. The third kappa shape index (κ3) is 2.59. The maximum absolute atomic E-state index is 9.32. The van der Waals surface area contributed by atoms with Gasteiger partial charge < -0.3 is 10.6 Å². The number of hydrogen-bond acceptors (Lipinski definition) is 4. The number of nitrogen functional groups attached to an aromatic ring is 1. The van der Waals surface area contributed by atoms with Gasteiger partial charge in [-0.15, -0.1) is 0 Å². The maximum atomic E-state index is 9.32. The molecule has 0 spiro atoms. The Morgan fingerprint density at radius 2 is 2.20 bits per heavy atom. The van der Waals surface area contributed by atoms with Gasteiger partial charge in [-0.05, 0) is 31.5 Å². The molecule has 0 atom stereocenters. The molecule has 1 aromatic heterocycles. The van der Waals surface area contributed by atoms with Crippen LogP contribution in [0, 0.1) is 18.3 Å². The van der Waals surface area contributed by atoms with E-state index >= 15 is 0 Å². The van der Waals surface area contributed by atoms with E-state index in [2.05, 4.69) is 23.0 Å². The Kier molecular flexibility index (Phi) is 3.94. The number of aryl methyl sites for hydroxylation is 2. The van der Waals surface area contributed by atoms with Crippen LogP contribution >= 0.6 is 0 Å². The molecule has 0 unspecified atom stereocenters. The molecule has 104 valence electrons. The predicted octanol–water partition coefficient (Wildman–Crippen LogP) is 2.21. The molecule has 2 aromatic rings. The molecule has 0 aliphatic rings. The molecule has 0 bridgehead atoms. The third-order valence-electron chi connectivity index (χ3n) is 3.31. The highest BCUT2D eigenvalue weighted by atomic mass is 15.4. The Morgan fingerprint density at radius 3 is 2.80 bits per heavy atom. The molecule has 0 radical (unpaired) electrons. The number of nitrogens with two attached hydrogens (primary N) is 1. The average molecular weight is 269 g/mol. The number of benzene rings is 1. The van der Waals surface area contributed by atoms with Crippen molar-refractivity contribution < 1.29 is 0 Å². The molecule has 20 heavy (non-hydrogen) atoms. The highest BCUT2D eigenvalue weighted by molar-refractivity contribution is 5.57. The van der Waals surface area contributed by atoms with E-state index in [-0.39, 0.29) is 0 Å². The van der Waals surface area contributed by atoms with Crippen LogP contribution in [0.25, 0.3) is 0 Å². The average Bonchev–Trinajstić information content (AvgIpc) is 2.70. The summed E-state index contributed by atoms with van der Waals surface area (Å²) in [7, 11) is 1.87. The van der Waals surface area contributed by atoms with Gasteiger partial charge in [0.2, 0.25) is 0 Å². The van der Waals surface area contributed by atoms with Gasteiger partial charge in [-0.25, -0.2) is 0 Å². The van der Waals surface area contributed by atoms with Gasteiger partial charge in [0.1, 0.15) is 17.5 Å². The van der Waals surface area contributed by atoms with E-state index in [9.17, 15) is 5.26 Å². The predicted molar refractivity (Wildman–Crippen MR) is 80.2 cm³/mol. The highest BCUT2D eigenvalue weighted by Gasteiger charge is 2.18. The van der Waals surface area contributed by atoms with Crippen molar-refractivity contribution in [3.63, 3.8) is 0 Å². The normalized spacial score (nSPS) is 10.3. The minimum absolute atomic E-state index is 0.637. The second-order valence-corrected chi connectivity index (χ2v) is 4.78. The summed E-state index contributed by atoms with van der Waals surface area (Å²) < 4.78 is 1.77. The van der Waals surface area contributed by atoms with Gasteiger partial charge in [-0.1, -0.05) is 12.1 Å². The van der Waals surface area contributed by atoms with E-state index < -0.39 is 0 Å². The van der Waals surface area contributed by atoms with E-state index in [1.165, 1.54) is 0 Å². The lowest BCUT2D eigenvalue weighted by Crippen LogP contribution is -2.25. The van der Waals surface area contributed by atoms with Crippen molar-refractivity contribution in [3.05, 3.63) is 41.1 Å². The first-order chi connectivity index (χ1) is 9.56. The quantitative estimate of drug-likeness (QED) is 0.864. The van der Waals surface area contributed by atoms with Crippen molar-refractivity contribution in [1.82, 2.24) is 9.78 Å². The Balaban J connectivity index is 2.36. The molecule has 0 fully saturated rings. The molecule has 2 rings (SSSR count). The number of rotatable bonds is 4. The van der Waals surface area contributed by atoms with Crippen molar-refractivity contribution in [2.75, 3.05) is 17.2 Å². The molecule has 0 aliphatic heterocycles. The van der Waals surface area contributed by atoms with Gasteiger partial charge in [-0.3, -0.25) is 4.68 Å². The van der Waals surface area contributed by atoms with Gasteiger partial charge in [0.05, 0.1) is 5.69 Å². The summed E-state index contributed by atoms with van der Waals surface area (Å²) in [6, 6.07) is 10.1. The van der Waals surface area contributed by atoms with Crippen LogP contribution in [0.2, 0.25) is 0 Å². The molecule has 1 heterocycles. The van der Waals surface area contributed by atoms with Crippen LogP contribution in [0.1, 0.15) is 23.7 Å². The van der Waals surface area contributed by atoms with Gasteiger partial charge in [0.15, 0.2) is 0 Å². The second-order valence-electron chi connectivity index (χ2n) is 4.78. The van der Waals surface area contributed by atoms with Gasteiger partial charge >= 0.3 is 0 Å². The van der Waals surface area contributed by atoms with E-state index in [0.29, 0.717) is 12.1 Å². The van der Waals surface area contributed by atoms with Crippen molar-refractivity contribution in [2.45, 2.75) is 20.4 Å². The summed E-state index contributed by atoms with van der Waals surface area (Å²) in [6.45, 7) is 5.42. The summed E-state index contributed by atoms with van der Waals surface area (Å²) >= 11 is 0. The van der Waals surface area contributed by atoms with Crippen LogP contribution in [-0.2, 0) is 13.6 Å². The number of anilines is 2. The molecule has 0 saturated carbocycles. The molecule has 5 heteroatoms. The van der Waals surface area contributed by atoms with Crippen molar-refractivity contribution >= 4 is 11.5 Å². The fraction of sp³-hybridized carbons (Fsp3) is 0.333. The van der Waals surface area contributed by atoms with Crippen LogP contribution in [-0.4, -0.2) is 16.3 Å². The van der Waals surface area contributed by atoms with Gasteiger partial charge in [0, 0.05) is 25.8 Å². The maximum Gasteiger partial charge on any atom is 0.145 e. The SMILES string of the molecule is CCN(Cc1cccc(N)c1)c1c(C#N)c(C)nn1C. The molecular weight excluding hydrogens is 250 g/mol. The monoisotopic (exact) mass is 269 g/mol. The molecule has 2 N–H and O–H groups in total. The van der Waals surface area contributed by atoms with E-state index in [0.717, 1.165) is 29.3 Å². The molecule has 5 nitrogen and oxygen atoms in total. The van der Waals surface area contributed by atoms with Crippen LogP contribution < -0.4 is 10.6 Å². The van der Waals surface area contributed by atoms with Gasteiger partial charge in [0.25, 0.3) is 0 Å². The molecule has 0 aliphatic carbocycles. The number of nitrogens with zero attached hydrogens (tertiary/aromatic N) is 4. The zero-order valence-electron chi connectivity index (χ0n) is 12.1. The Bertz CT molecular complexity index is 651. The summed E-state index contributed by atoms with van der Waals surface area (Å²) in [4.78, 5) is 2.13. The fourth-order valence-corrected chi connectivity index (χ4v) is 2.39. The second kappa shape index (κ2) is 5.66. The first kappa shape index (κ1) is 13.9. The minimum Gasteiger partial charge on any atom is -0.399 e. The van der Waals surface area contributed by atoms with Crippen molar-refractivity contribution in [2.24, 2.45) is 7.05 Å². The lowest BCUT2D eigenvalue weighted by molar-refractivity contribution is 0.705. The summed E-state index contributed by atoms with van der Waals surface area (Å²) in [6.07, 6.45) is 0. The number of nitriles is 1. The Labute approximate surface area is 119 Å². The number of hydrogen-bond donors (Lipinski definition) is 1. The summed E-state index contributed by atoms with van der Waals surface area (Å²) in [5.41, 5.74) is 9.08. The molecule has 0 amide bonds. The lowest BCUT2D eigenvalue weighted by atomic mass is 10.1. The zero-order chi connectivity index (χ0) is 14.7. The van der Waals surface area contributed by atoms with Crippen molar-refractivity contribution in [1.29, 1.82) is 5.26 Å². The van der Waals surface area contributed by atoms with Crippen LogP contribution in [0.5, 0.6) is 0 Å². The van der Waals surface area contributed by atoms with Crippen molar-refractivity contribution in [3.8, 4) is 6.07 Å². The van der Waals surface area contributed by atoms with E-state index in [1.807, 2.05) is 38.2 Å². The highest BCUT2D eigenvalue weighted by Crippen LogP contribution is 2.24. The number of aromatic nitrogens is 2. The van der Waals surface area contributed by atoms with E-state index in [4.69, 9.17) is 5.73 Å². The third-order valence-corrected chi connectivity index (χ3v) is 3.31. The lowest BCUT2D eigenvalue weighted by Gasteiger charge is -2.23. The zero-order valence-corrected chi connectivity index (χ0v) is 12.1. The first-order valence-corrected chi connectivity index (χ1v) is 6.59. The molecular formula is C15H19N5. The Hall–Kier alpha value is -2.48. The van der Waals surface area contributed by atoms with Gasteiger partial charge in [-0.2, -0.15) is 10.4 Å². The summed E-state index contributed by atoms with van der Waals surface area (Å²) in [5, 5.41) is 13.7. The molecule has 0 saturated heterocycles. The van der Waals surface area contributed by atoms with E-state index in [1.54, 1.807) is 4.68 Å². The standard InChI is InChI=1S/C15H19N5/c1-4-20(10-12-6-5-7-13(17)8-12)15-14(9-16)11(2)18-19(15)3/h5-8H,4,10,17H2,1-3H3. The van der Waals surface area contributed by atoms with Crippen LogP contribution in [0.3, 0.4) is 0 Å². The summed E-state index contributed by atoms with van der Waals surface area (Å²) in [5.74, 6) is 0.856. The largest absolute Gasteiger partial charge is 0.399 e. The first-order valence-electron chi connectivity index (χ1n) is 6.59. The van der Waals surface area contributed by atoms with Crippen LogP contribution in [0.15, 0.2) is 24.3 Å². The topological polar surface area (TPSA) is 70.9 Å².